The summed E-state index contributed by atoms with van der Waals surface area (Å²) in [5.74, 6) is -3.60. The van der Waals surface area contributed by atoms with Crippen molar-refractivity contribution >= 4 is 58.4 Å². The number of aliphatic hydroxyl groups excluding tert-OH is 1. The number of nitrogens with zero attached hydrogens (tertiary/aromatic N) is 6. The molecule has 62 heavy (non-hydrogen) atoms. The number of benzene rings is 2. The van der Waals surface area contributed by atoms with E-state index in [1.807, 2.05) is 6.92 Å². The van der Waals surface area contributed by atoms with Crippen molar-refractivity contribution in [2.75, 3.05) is 67.0 Å². The van der Waals surface area contributed by atoms with E-state index in [1.54, 1.807) is 46.1 Å². The van der Waals surface area contributed by atoms with E-state index in [1.165, 1.54) is 19.2 Å². The van der Waals surface area contributed by atoms with E-state index in [0.29, 0.717) is 66.7 Å². The summed E-state index contributed by atoms with van der Waals surface area (Å²) in [4.78, 5) is 81.2. The largest absolute Gasteiger partial charge is 0.495 e. The second kappa shape index (κ2) is 17.5. The van der Waals surface area contributed by atoms with Gasteiger partial charge in [-0.25, -0.2) is 13.8 Å². The number of carbonyl (C=O) groups excluding carboxylic acids is 5. The SMILES string of the molecule is CC[C@@H]1C(=O)N(C)c2cnc(Nc3ccc(C(=O)NC4(CO)CCN(C(=O)[C@@H]5CCN(c6cc(F)c(C7CCC(=O)NC7=O)c(F)c6)C5)CC4)cc3OC)nc2N1C1CCCC1. The van der Waals surface area contributed by atoms with Crippen LogP contribution in [-0.2, 0) is 19.2 Å². The summed E-state index contributed by atoms with van der Waals surface area (Å²) >= 11 is 0. The van der Waals surface area contributed by atoms with Gasteiger partial charge in [-0.15, -0.1) is 0 Å². The molecule has 8 rings (SSSR count). The van der Waals surface area contributed by atoms with Gasteiger partial charge in [0.2, 0.25) is 29.6 Å². The van der Waals surface area contributed by atoms with Gasteiger partial charge in [0, 0.05) is 62.5 Å². The van der Waals surface area contributed by atoms with Crippen molar-refractivity contribution < 1.29 is 42.6 Å². The van der Waals surface area contributed by atoms with E-state index >= 15 is 8.78 Å². The Morgan fingerprint density at radius 3 is 2.40 bits per heavy atom. The van der Waals surface area contributed by atoms with Crippen molar-refractivity contribution in [2.45, 2.75) is 94.7 Å². The summed E-state index contributed by atoms with van der Waals surface area (Å²) in [6.07, 6.45) is 7.59. The number of hydrogen-bond acceptors (Lipinski definition) is 12. The summed E-state index contributed by atoms with van der Waals surface area (Å²) in [6, 6.07) is 7.18. The van der Waals surface area contributed by atoms with Gasteiger partial charge < -0.3 is 40.1 Å². The van der Waals surface area contributed by atoms with Gasteiger partial charge in [0.25, 0.3) is 5.91 Å². The highest BCUT2D eigenvalue weighted by Gasteiger charge is 2.43. The first-order valence-electron chi connectivity index (χ1n) is 21.5. The minimum Gasteiger partial charge on any atom is -0.495 e. The van der Waals surface area contributed by atoms with Crippen molar-refractivity contribution in [1.29, 1.82) is 0 Å². The van der Waals surface area contributed by atoms with E-state index in [0.717, 1.165) is 25.7 Å². The third kappa shape index (κ3) is 8.11. The molecule has 5 amide bonds. The molecular formula is C44H53F2N9O7. The molecule has 18 heteroatoms. The summed E-state index contributed by atoms with van der Waals surface area (Å²) in [5.41, 5.74) is 0.393. The summed E-state index contributed by atoms with van der Waals surface area (Å²) < 4.78 is 36.2. The van der Waals surface area contributed by atoms with Crippen LogP contribution < -0.4 is 35.4 Å². The first-order chi connectivity index (χ1) is 29.8. The molecule has 5 aliphatic rings. The lowest BCUT2D eigenvalue weighted by molar-refractivity contribution is -0.137. The average molecular weight is 858 g/mol. The Labute approximate surface area is 358 Å². The van der Waals surface area contributed by atoms with E-state index in [-0.39, 0.29) is 74.2 Å². The predicted molar refractivity (Wildman–Crippen MR) is 225 cm³/mol. The number of anilines is 5. The molecule has 1 aromatic heterocycles. The van der Waals surface area contributed by atoms with E-state index in [2.05, 4.69) is 25.8 Å². The van der Waals surface area contributed by atoms with E-state index < -0.39 is 46.7 Å². The number of piperidine rings is 2. The lowest BCUT2D eigenvalue weighted by Crippen LogP contribution is -2.58. The Bertz CT molecular complexity index is 2240. The Morgan fingerprint density at radius 1 is 1.02 bits per heavy atom. The van der Waals surface area contributed by atoms with Crippen molar-refractivity contribution in [2.24, 2.45) is 5.92 Å². The molecule has 2 aromatic carbocycles. The van der Waals surface area contributed by atoms with Crippen molar-refractivity contribution in [3.05, 3.63) is 59.3 Å². The quantitative estimate of drug-likeness (QED) is 0.202. The normalized spacial score (nSPS) is 22.7. The molecule has 5 heterocycles. The molecule has 16 nitrogen and oxygen atoms in total. The molecular weight excluding hydrogens is 805 g/mol. The maximum Gasteiger partial charge on any atom is 0.251 e. The number of ether oxygens (including phenoxy) is 1. The van der Waals surface area contributed by atoms with Crippen LogP contribution in [0, 0.1) is 17.6 Å². The standard InChI is InChI=1S/C44H53F2N9O7/c1-4-33-42(61)52(2)34-22-47-43(50-38(34)55(33)27-7-5-6-8-27)48-32-11-9-25(19-35(32)62-3)39(58)51-44(24-56)14-17-53(18-15-44)41(60)26-13-16-54(23-26)28-20-30(45)37(31(46)21-28)29-10-12-36(57)49-40(29)59/h9,11,19-22,26-27,29,33,56H,4-8,10,12-18,23-24H2,1-3H3,(H,51,58)(H,47,48,50)(H,49,57,59)/t26-,29?,33-/m1/s1. The van der Waals surface area contributed by atoms with Crippen LogP contribution in [0.3, 0.4) is 0 Å². The number of halogens is 2. The molecule has 3 saturated heterocycles. The Kier molecular flexibility index (Phi) is 12.0. The average Bonchev–Trinajstić information content (AvgIpc) is 3.99. The second-order valence-electron chi connectivity index (χ2n) is 17.1. The van der Waals surface area contributed by atoms with Gasteiger partial charge in [0.1, 0.15) is 29.1 Å². The van der Waals surface area contributed by atoms with Gasteiger partial charge in [0.05, 0.1) is 43.0 Å². The van der Waals surface area contributed by atoms with Crippen LogP contribution in [0.1, 0.15) is 93.0 Å². The topological polar surface area (TPSA) is 190 Å². The first-order valence-corrected chi connectivity index (χ1v) is 21.5. The van der Waals surface area contributed by atoms with Crippen LogP contribution in [0.4, 0.5) is 37.6 Å². The fourth-order valence-corrected chi connectivity index (χ4v) is 9.80. The van der Waals surface area contributed by atoms with E-state index in [4.69, 9.17) is 9.72 Å². The molecule has 0 spiro atoms. The van der Waals surface area contributed by atoms with Crippen LogP contribution in [0.2, 0.25) is 0 Å². The number of aliphatic hydroxyl groups is 1. The third-order valence-corrected chi connectivity index (χ3v) is 13.4. The zero-order chi connectivity index (χ0) is 43.9. The fraction of sp³-hybridized carbons (Fsp3) is 0.523. The predicted octanol–water partition coefficient (Wildman–Crippen LogP) is 4.14. The number of rotatable bonds is 11. The molecule has 4 aliphatic heterocycles. The number of methoxy groups -OCH3 is 1. The zero-order valence-corrected chi connectivity index (χ0v) is 35.2. The fourth-order valence-electron chi connectivity index (χ4n) is 9.80. The molecule has 0 bridgehead atoms. The lowest BCUT2D eigenvalue weighted by Gasteiger charge is -2.43. The molecule has 0 radical (unpaired) electrons. The number of amides is 5. The Hall–Kier alpha value is -5.91. The smallest absolute Gasteiger partial charge is 0.251 e. The summed E-state index contributed by atoms with van der Waals surface area (Å²) in [7, 11) is 3.24. The zero-order valence-electron chi connectivity index (χ0n) is 35.2. The number of carbonyl (C=O) groups is 5. The number of hydrogen-bond donors (Lipinski definition) is 4. The lowest BCUT2D eigenvalue weighted by atomic mass is 9.87. The number of likely N-dealkylation sites (tertiary alicyclic amines) is 1. The number of aromatic nitrogens is 2. The Balaban J connectivity index is 0.886. The molecule has 3 aromatic rings. The van der Waals surface area contributed by atoms with Crippen LogP contribution in [0.25, 0.3) is 0 Å². The van der Waals surface area contributed by atoms with Crippen LogP contribution in [0.15, 0.2) is 36.5 Å². The highest BCUT2D eigenvalue weighted by atomic mass is 19.1. The van der Waals surface area contributed by atoms with Crippen molar-refractivity contribution in [1.82, 2.24) is 25.5 Å². The number of likely N-dealkylation sites (N-methyl/N-ethyl adjacent to an activating group) is 1. The molecule has 1 saturated carbocycles. The highest BCUT2D eigenvalue weighted by Crippen LogP contribution is 2.41. The van der Waals surface area contributed by atoms with Gasteiger partial charge in [-0.2, -0.15) is 4.98 Å². The minimum atomic E-state index is -1.10. The Morgan fingerprint density at radius 2 is 1.74 bits per heavy atom. The monoisotopic (exact) mass is 857 g/mol. The maximum absolute atomic E-state index is 15.3. The van der Waals surface area contributed by atoms with Crippen molar-refractivity contribution in [3.8, 4) is 5.75 Å². The summed E-state index contributed by atoms with van der Waals surface area (Å²) in [5, 5.41) is 18.9. The van der Waals surface area contributed by atoms with Gasteiger partial charge in [-0.3, -0.25) is 29.3 Å². The van der Waals surface area contributed by atoms with Crippen LogP contribution in [-0.4, -0.2) is 114 Å². The number of imide groups is 1. The van der Waals surface area contributed by atoms with Gasteiger partial charge in [-0.05, 0) is 75.3 Å². The van der Waals surface area contributed by atoms with Crippen LogP contribution >= 0.6 is 0 Å². The molecule has 4 N–H and O–H groups in total. The first kappa shape index (κ1) is 42.8. The van der Waals surface area contributed by atoms with Crippen molar-refractivity contribution in [3.63, 3.8) is 0 Å². The highest BCUT2D eigenvalue weighted by molar-refractivity contribution is 6.04. The third-order valence-electron chi connectivity index (χ3n) is 13.4. The molecule has 330 valence electrons. The molecule has 4 fully saturated rings. The van der Waals surface area contributed by atoms with Gasteiger partial charge >= 0.3 is 0 Å². The van der Waals surface area contributed by atoms with Gasteiger partial charge in [0.15, 0.2) is 5.82 Å². The minimum absolute atomic E-state index is 0.00569. The molecule has 3 atom stereocenters. The van der Waals surface area contributed by atoms with Gasteiger partial charge in [-0.1, -0.05) is 19.8 Å². The maximum atomic E-state index is 15.3. The van der Waals surface area contributed by atoms with E-state index in [9.17, 15) is 29.1 Å². The number of nitrogens with one attached hydrogen (secondary N) is 3. The molecule has 1 aliphatic carbocycles. The summed E-state index contributed by atoms with van der Waals surface area (Å²) in [6.45, 7) is 2.89. The van der Waals surface area contributed by atoms with Crippen LogP contribution in [0.5, 0.6) is 5.75 Å². The molecule has 1 unspecified atom stereocenters. The second-order valence-corrected chi connectivity index (χ2v) is 17.1. The number of fused-ring (bicyclic) bond motifs is 1.